The molecule has 0 aliphatic carbocycles. The van der Waals surface area contributed by atoms with Gasteiger partial charge >= 0.3 is 0 Å². The number of hydrogen-bond donors (Lipinski definition) is 0. The number of hydrogen-bond acceptors (Lipinski definition) is 6. The molecule has 0 atom stereocenters. The molecule has 2 heterocycles. The van der Waals surface area contributed by atoms with Crippen LogP contribution in [0.5, 0.6) is 0 Å². The number of nitrogens with zero attached hydrogens (tertiary/aromatic N) is 6. The van der Waals surface area contributed by atoms with E-state index in [0.29, 0.717) is 29.7 Å². The second kappa shape index (κ2) is 5.73. The summed E-state index contributed by atoms with van der Waals surface area (Å²) in [4.78, 5) is 30.1. The van der Waals surface area contributed by atoms with Crippen LogP contribution < -0.4 is 4.90 Å². The van der Waals surface area contributed by atoms with Gasteiger partial charge in [0.1, 0.15) is 0 Å². The third-order valence-corrected chi connectivity index (χ3v) is 2.90. The molecule has 0 radical (unpaired) electrons. The van der Waals surface area contributed by atoms with Crippen LogP contribution in [-0.4, -0.2) is 51.1 Å². The van der Waals surface area contributed by atoms with Gasteiger partial charge in [0.2, 0.25) is 18.2 Å². The van der Waals surface area contributed by atoms with Crippen LogP contribution in [0.15, 0.2) is 10.7 Å². The maximum absolute atomic E-state index is 12.5. The van der Waals surface area contributed by atoms with Crippen LogP contribution in [0, 0.1) is 6.92 Å². The largest absolute Gasteiger partial charge is 0.424 e. The molecule has 2 rings (SSSR count). The molecule has 2 amide bonds. The number of carbonyl (C=O) groups is 2. The normalized spacial score (nSPS) is 10.5. The zero-order valence-corrected chi connectivity index (χ0v) is 12.3. The average molecular weight is 292 g/mol. The van der Waals surface area contributed by atoms with E-state index in [-0.39, 0.29) is 12.5 Å². The lowest BCUT2D eigenvalue weighted by Crippen LogP contribution is -2.30. The van der Waals surface area contributed by atoms with E-state index in [0.717, 1.165) is 0 Å². The van der Waals surface area contributed by atoms with Crippen molar-refractivity contribution in [3.05, 3.63) is 23.8 Å². The molecule has 0 saturated heterocycles. The number of aromatic nitrogens is 4. The maximum atomic E-state index is 12.5. The third kappa shape index (κ3) is 2.91. The monoisotopic (exact) mass is 292 g/mol. The lowest BCUT2D eigenvalue weighted by Gasteiger charge is -2.17. The first-order chi connectivity index (χ1) is 9.93. The molecule has 2 aromatic heterocycles. The van der Waals surface area contributed by atoms with E-state index in [4.69, 9.17) is 4.42 Å². The van der Waals surface area contributed by atoms with E-state index in [1.165, 1.54) is 23.2 Å². The third-order valence-electron chi connectivity index (χ3n) is 2.90. The molecule has 0 aromatic carbocycles. The Morgan fingerprint density at radius 3 is 2.71 bits per heavy atom. The summed E-state index contributed by atoms with van der Waals surface area (Å²) in [6.07, 6.45) is 2.08. The van der Waals surface area contributed by atoms with Gasteiger partial charge in [-0.25, -0.2) is 4.98 Å². The Hall–Kier alpha value is -2.71. The molecule has 9 nitrogen and oxygen atoms in total. The van der Waals surface area contributed by atoms with Crippen LogP contribution in [0.3, 0.4) is 0 Å². The van der Waals surface area contributed by atoms with Gasteiger partial charge in [-0.05, 0) is 0 Å². The Morgan fingerprint density at radius 1 is 1.43 bits per heavy atom. The first-order valence-corrected chi connectivity index (χ1v) is 6.18. The standard InChI is InChI=1S/C12H16N6O3/c1-8-14-15-9(21-8)5-16(2)12(20)10-11(18(4)7-19)13-6-17(10)3/h6-7H,5H2,1-4H3. The molecule has 0 aliphatic heterocycles. The fraction of sp³-hybridized carbons (Fsp3) is 0.417. The average Bonchev–Trinajstić information content (AvgIpc) is 3.03. The first-order valence-electron chi connectivity index (χ1n) is 6.18. The van der Waals surface area contributed by atoms with Crippen molar-refractivity contribution in [2.24, 2.45) is 7.05 Å². The molecule has 0 N–H and O–H groups in total. The molecule has 0 spiro atoms. The molecule has 0 saturated carbocycles. The lowest BCUT2D eigenvalue weighted by molar-refractivity contribution is -0.107. The Balaban J connectivity index is 2.23. The molecule has 2 aromatic rings. The van der Waals surface area contributed by atoms with Crippen LogP contribution >= 0.6 is 0 Å². The van der Waals surface area contributed by atoms with Crippen molar-refractivity contribution in [3.8, 4) is 0 Å². The van der Waals surface area contributed by atoms with Gasteiger partial charge in [-0.15, -0.1) is 10.2 Å². The van der Waals surface area contributed by atoms with Crippen molar-refractivity contribution in [1.82, 2.24) is 24.6 Å². The molecular formula is C12H16N6O3. The fourth-order valence-corrected chi connectivity index (χ4v) is 1.83. The smallest absolute Gasteiger partial charge is 0.274 e. The number of imidazole rings is 1. The summed E-state index contributed by atoms with van der Waals surface area (Å²) >= 11 is 0. The number of aryl methyl sites for hydroxylation is 2. The highest BCUT2D eigenvalue weighted by atomic mass is 16.4. The van der Waals surface area contributed by atoms with Crippen LogP contribution in [0.4, 0.5) is 5.82 Å². The molecule has 112 valence electrons. The van der Waals surface area contributed by atoms with Crippen molar-refractivity contribution in [3.63, 3.8) is 0 Å². The summed E-state index contributed by atoms with van der Waals surface area (Å²) in [5, 5.41) is 7.56. The zero-order chi connectivity index (χ0) is 15.6. The van der Waals surface area contributed by atoms with Gasteiger partial charge < -0.3 is 18.8 Å². The molecule has 0 aliphatic rings. The first kappa shape index (κ1) is 14.7. The van der Waals surface area contributed by atoms with Crippen LogP contribution in [0.2, 0.25) is 0 Å². The Labute approximate surface area is 121 Å². The Bertz CT molecular complexity index is 662. The highest BCUT2D eigenvalue weighted by Crippen LogP contribution is 2.18. The number of amides is 2. The molecular weight excluding hydrogens is 276 g/mol. The summed E-state index contributed by atoms with van der Waals surface area (Å²) in [6.45, 7) is 1.85. The highest BCUT2D eigenvalue weighted by Gasteiger charge is 2.24. The predicted molar refractivity (Wildman–Crippen MR) is 72.5 cm³/mol. The van der Waals surface area contributed by atoms with Crippen molar-refractivity contribution in [1.29, 1.82) is 0 Å². The SMILES string of the molecule is Cc1nnc(CN(C)C(=O)c2c(N(C)C=O)ncn2C)o1. The number of anilines is 1. The summed E-state index contributed by atoms with van der Waals surface area (Å²) in [5.41, 5.74) is 0.309. The van der Waals surface area contributed by atoms with Crippen molar-refractivity contribution < 1.29 is 14.0 Å². The van der Waals surface area contributed by atoms with Crippen LogP contribution in [0.25, 0.3) is 0 Å². The predicted octanol–water partition coefficient (Wildman–Crippen LogP) is -0.0237. The van der Waals surface area contributed by atoms with E-state index in [1.54, 1.807) is 25.6 Å². The molecule has 0 bridgehead atoms. The minimum atomic E-state index is -0.297. The Morgan fingerprint density at radius 2 is 2.14 bits per heavy atom. The van der Waals surface area contributed by atoms with Gasteiger partial charge in [-0.1, -0.05) is 0 Å². The molecule has 0 unspecified atom stereocenters. The van der Waals surface area contributed by atoms with Gasteiger partial charge in [0, 0.05) is 28.1 Å². The van der Waals surface area contributed by atoms with Crippen molar-refractivity contribution >= 4 is 18.1 Å². The summed E-state index contributed by atoms with van der Waals surface area (Å²) in [6, 6.07) is 0. The number of carbonyl (C=O) groups excluding carboxylic acids is 2. The van der Waals surface area contributed by atoms with Crippen LogP contribution in [0.1, 0.15) is 22.3 Å². The van der Waals surface area contributed by atoms with E-state index in [9.17, 15) is 9.59 Å². The summed E-state index contributed by atoms with van der Waals surface area (Å²) in [5.74, 6) is 0.782. The minimum Gasteiger partial charge on any atom is -0.424 e. The summed E-state index contributed by atoms with van der Waals surface area (Å²) < 4.78 is 6.81. The maximum Gasteiger partial charge on any atom is 0.274 e. The molecule has 0 fully saturated rings. The quantitative estimate of drug-likeness (QED) is 0.718. The topological polar surface area (TPSA) is 97.4 Å². The highest BCUT2D eigenvalue weighted by molar-refractivity contribution is 5.99. The van der Waals surface area contributed by atoms with E-state index in [2.05, 4.69) is 15.2 Å². The van der Waals surface area contributed by atoms with E-state index in [1.807, 2.05) is 0 Å². The van der Waals surface area contributed by atoms with E-state index >= 15 is 0 Å². The minimum absolute atomic E-state index is 0.176. The second-order valence-corrected chi connectivity index (χ2v) is 4.62. The molecule has 9 heteroatoms. The van der Waals surface area contributed by atoms with Gasteiger partial charge in [-0.3, -0.25) is 9.59 Å². The van der Waals surface area contributed by atoms with Gasteiger partial charge in [0.15, 0.2) is 11.5 Å². The second-order valence-electron chi connectivity index (χ2n) is 4.62. The Kier molecular flexibility index (Phi) is 4.01. The van der Waals surface area contributed by atoms with Crippen LogP contribution in [-0.2, 0) is 18.4 Å². The number of rotatable bonds is 5. The lowest BCUT2D eigenvalue weighted by atomic mass is 10.3. The fourth-order valence-electron chi connectivity index (χ4n) is 1.83. The van der Waals surface area contributed by atoms with E-state index < -0.39 is 0 Å². The van der Waals surface area contributed by atoms with Gasteiger partial charge in [-0.2, -0.15) is 0 Å². The van der Waals surface area contributed by atoms with Crippen molar-refractivity contribution in [2.45, 2.75) is 13.5 Å². The zero-order valence-electron chi connectivity index (χ0n) is 12.3. The van der Waals surface area contributed by atoms with Crippen molar-refractivity contribution in [2.75, 3.05) is 19.0 Å². The molecule has 21 heavy (non-hydrogen) atoms. The van der Waals surface area contributed by atoms with Gasteiger partial charge in [0.05, 0.1) is 12.9 Å². The summed E-state index contributed by atoms with van der Waals surface area (Å²) in [7, 11) is 4.83. The van der Waals surface area contributed by atoms with Gasteiger partial charge in [0.25, 0.3) is 5.91 Å².